The standard InChI is InChI=1S/C15H22ClN3O/c1-4-17-10(2)12-5-6-14(13(16)9-12)19-8-7-18-15(20)11(19)3/h5-6,9-11,17H,4,7-8H2,1-3H3,(H,18,20). The summed E-state index contributed by atoms with van der Waals surface area (Å²) in [7, 11) is 0. The van der Waals surface area contributed by atoms with Gasteiger partial charge in [-0.2, -0.15) is 0 Å². The maximum Gasteiger partial charge on any atom is 0.242 e. The van der Waals surface area contributed by atoms with Gasteiger partial charge in [0, 0.05) is 19.1 Å². The number of hydrogen-bond donors (Lipinski definition) is 2. The van der Waals surface area contributed by atoms with E-state index in [1.807, 2.05) is 19.1 Å². The van der Waals surface area contributed by atoms with E-state index < -0.39 is 0 Å². The summed E-state index contributed by atoms with van der Waals surface area (Å²) in [5.41, 5.74) is 2.09. The van der Waals surface area contributed by atoms with Crippen molar-refractivity contribution >= 4 is 23.2 Å². The molecule has 2 unspecified atom stereocenters. The zero-order valence-electron chi connectivity index (χ0n) is 12.2. The molecule has 20 heavy (non-hydrogen) atoms. The normalized spacial score (nSPS) is 20.7. The Balaban J connectivity index is 2.23. The van der Waals surface area contributed by atoms with Crippen LogP contribution in [0.4, 0.5) is 5.69 Å². The third kappa shape index (κ3) is 3.07. The lowest BCUT2D eigenvalue weighted by atomic mass is 10.1. The number of nitrogens with zero attached hydrogens (tertiary/aromatic N) is 1. The monoisotopic (exact) mass is 295 g/mol. The van der Waals surface area contributed by atoms with Crippen LogP contribution in [0.1, 0.15) is 32.4 Å². The number of hydrogen-bond acceptors (Lipinski definition) is 3. The molecule has 1 amide bonds. The van der Waals surface area contributed by atoms with Crippen molar-refractivity contribution in [2.45, 2.75) is 32.9 Å². The predicted octanol–water partition coefficient (Wildman–Crippen LogP) is 2.34. The second-order valence-corrected chi connectivity index (χ2v) is 5.56. The summed E-state index contributed by atoms with van der Waals surface area (Å²) in [5.74, 6) is 0.0532. The minimum absolute atomic E-state index is 0.0532. The van der Waals surface area contributed by atoms with E-state index in [-0.39, 0.29) is 18.0 Å². The Morgan fingerprint density at radius 1 is 1.55 bits per heavy atom. The van der Waals surface area contributed by atoms with E-state index in [0.717, 1.165) is 24.3 Å². The third-order valence-corrected chi connectivity index (χ3v) is 4.09. The van der Waals surface area contributed by atoms with Gasteiger partial charge >= 0.3 is 0 Å². The third-order valence-electron chi connectivity index (χ3n) is 3.79. The van der Waals surface area contributed by atoms with Crippen LogP contribution in [0.15, 0.2) is 18.2 Å². The molecule has 1 saturated heterocycles. The number of benzene rings is 1. The van der Waals surface area contributed by atoms with Crippen LogP contribution in [0.2, 0.25) is 5.02 Å². The first kappa shape index (κ1) is 15.1. The Kier molecular flexibility index (Phi) is 4.89. The van der Waals surface area contributed by atoms with Crippen molar-refractivity contribution in [1.29, 1.82) is 0 Å². The number of anilines is 1. The summed E-state index contributed by atoms with van der Waals surface area (Å²) < 4.78 is 0. The first-order chi connectivity index (χ1) is 9.54. The maximum absolute atomic E-state index is 11.7. The number of halogens is 1. The Labute approximate surface area is 125 Å². The number of piperazine rings is 1. The van der Waals surface area contributed by atoms with Crippen LogP contribution < -0.4 is 15.5 Å². The Morgan fingerprint density at radius 3 is 2.95 bits per heavy atom. The van der Waals surface area contributed by atoms with Gasteiger partial charge in [-0.1, -0.05) is 24.6 Å². The average molecular weight is 296 g/mol. The van der Waals surface area contributed by atoms with Crippen LogP contribution in [0.5, 0.6) is 0 Å². The zero-order valence-corrected chi connectivity index (χ0v) is 13.0. The van der Waals surface area contributed by atoms with Crippen molar-refractivity contribution in [2.24, 2.45) is 0 Å². The number of carbonyl (C=O) groups is 1. The SMILES string of the molecule is CCNC(C)c1ccc(N2CCNC(=O)C2C)c(Cl)c1. The second kappa shape index (κ2) is 6.46. The van der Waals surface area contributed by atoms with Gasteiger partial charge in [-0.3, -0.25) is 4.79 Å². The molecule has 0 aliphatic carbocycles. The van der Waals surface area contributed by atoms with E-state index >= 15 is 0 Å². The number of rotatable bonds is 4. The van der Waals surface area contributed by atoms with Crippen LogP contribution in [-0.2, 0) is 4.79 Å². The minimum atomic E-state index is -0.182. The van der Waals surface area contributed by atoms with Crippen molar-refractivity contribution in [2.75, 3.05) is 24.5 Å². The summed E-state index contributed by atoms with van der Waals surface area (Å²) in [6.45, 7) is 8.47. The van der Waals surface area contributed by atoms with Gasteiger partial charge in [0.2, 0.25) is 5.91 Å². The smallest absolute Gasteiger partial charge is 0.242 e. The molecule has 110 valence electrons. The highest BCUT2D eigenvalue weighted by atomic mass is 35.5. The fraction of sp³-hybridized carbons (Fsp3) is 0.533. The maximum atomic E-state index is 11.7. The van der Waals surface area contributed by atoms with Crippen LogP contribution in [0.3, 0.4) is 0 Å². The van der Waals surface area contributed by atoms with E-state index in [9.17, 15) is 4.79 Å². The van der Waals surface area contributed by atoms with Gasteiger partial charge in [0.25, 0.3) is 0 Å². The second-order valence-electron chi connectivity index (χ2n) is 5.15. The zero-order chi connectivity index (χ0) is 14.7. The predicted molar refractivity (Wildman–Crippen MR) is 83.4 cm³/mol. The van der Waals surface area contributed by atoms with Gasteiger partial charge in [-0.05, 0) is 38.1 Å². The molecule has 4 nitrogen and oxygen atoms in total. The molecule has 1 aromatic rings. The average Bonchev–Trinajstić information content (AvgIpc) is 2.42. The molecule has 1 heterocycles. The molecule has 0 spiro atoms. The van der Waals surface area contributed by atoms with Crippen molar-refractivity contribution < 1.29 is 4.79 Å². The van der Waals surface area contributed by atoms with E-state index in [0.29, 0.717) is 11.6 Å². The molecule has 0 radical (unpaired) electrons. The molecule has 1 aliphatic rings. The molecule has 1 aliphatic heterocycles. The number of nitrogens with one attached hydrogen (secondary N) is 2. The molecule has 0 aromatic heterocycles. The Bertz CT molecular complexity index is 492. The lowest BCUT2D eigenvalue weighted by Gasteiger charge is -2.35. The molecule has 2 N–H and O–H groups in total. The first-order valence-electron chi connectivity index (χ1n) is 7.11. The van der Waals surface area contributed by atoms with E-state index in [1.165, 1.54) is 0 Å². The van der Waals surface area contributed by atoms with Crippen molar-refractivity contribution in [3.05, 3.63) is 28.8 Å². The summed E-state index contributed by atoms with van der Waals surface area (Å²) in [6.07, 6.45) is 0. The van der Waals surface area contributed by atoms with Crippen LogP contribution in [0.25, 0.3) is 0 Å². The highest BCUT2D eigenvalue weighted by molar-refractivity contribution is 6.33. The highest BCUT2D eigenvalue weighted by Crippen LogP contribution is 2.30. The van der Waals surface area contributed by atoms with Crippen LogP contribution in [-0.4, -0.2) is 31.6 Å². The van der Waals surface area contributed by atoms with Crippen molar-refractivity contribution in [3.63, 3.8) is 0 Å². The van der Waals surface area contributed by atoms with Gasteiger partial charge in [0.05, 0.1) is 10.7 Å². The highest BCUT2D eigenvalue weighted by Gasteiger charge is 2.27. The molecule has 2 atom stereocenters. The van der Waals surface area contributed by atoms with Crippen molar-refractivity contribution in [3.8, 4) is 0 Å². The summed E-state index contributed by atoms with van der Waals surface area (Å²) in [4.78, 5) is 13.8. The Morgan fingerprint density at radius 2 is 2.30 bits per heavy atom. The fourth-order valence-corrected chi connectivity index (χ4v) is 2.86. The largest absolute Gasteiger partial charge is 0.357 e. The van der Waals surface area contributed by atoms with Crippen LogP contribution >= 0.6 is 11.6 Å². The fourth-order valence-electron chi connectivity index (χ4n) is 2.56. The Hall–Kier alpha value is -1.26. The molecule has 2 rings (SSSR count). The number of carbonyl (C=O) groups excluding carboxylic acids is 1. The first-order valence-corrected chi connectivity index (χ1v) is 7.49. The number of amides is 1. The van der Waals surface area contributed by atoms with Gasteiger partial charge in [0.15, 0.2) is 0 Å². The van der Waals surface area contributed by atoms with Crippen molar-refractivity contribution in [1.82, 2.24) is 10.6 Å². The van der Waals surface area contributed by atoms with Gasteiger partial charge in [-0.25, -0.2) is 0 Å². The van der Waals surface area contributed by atoms with Gasteiger partial charge in [-0.15, -0.1) is 0 Å². The molecule has 0 saturated carbocycles. The summed E-state index contributed by atoms with van der Waals surface area (Å²) >= 11 is 6.42. The van der Waals surface area contributed by atoms with E-state index in [1.54, 1.807) is 0 Å². The molecule has 5 heteroatoms. The molecule has 1 aromatic carbocycles. The quantitative estimate of drug-likeness (QED) is 0.896. The van der Waals surface area contributed by atoms with E-state index in [4.69, 9.17) is 11.6 Å². The molecule has 1 fully saturated rings. The van der Waals surface area contributed by atoms with Gasteiger partial charge in [0.1, 0.15) is 6.04 Å². The topological polar surface area (TPSA) is 44.4 Å². The van der Waals surface area contributed by atoms with Crippen LogP contribution in [0, 0.1) is 0 Å². The van der Waals surface area contributed by atoms with Gasteiger partial charge < -0.3 is 15.5 Å². The minimum Gasteiger partial charge on any atom is -0.357 e. The molecule has 0 bridgehead atoms. The summed E-state index contributed by atoms with van der Waals surface area (Å²) in [6, 6.07) is 6.17. The lowest BCUT2D eigenvalue weighted by molar-refractivity contribution is -0.122. The lowest BCUT2D eigenvalue weighted by Crippen LogP contribution is -2.54. The molecular weight excluding hydrogens is 274 g/mol. The van der Waals surface area contributed by atoms with E-state index in [2.05, 4.69) is 35.4 Å². The summed E-state index contributed by atoms with van der Waals surface area (Å²) in [5, 5.41) is 6.93. The molecular formula is C15H22ClN3O.